The first-order chi connectivity index (χ1) is 13.4. The SMILES string of the molecule is COc1cc(OC)c(/C=C2\SC(=O)N(CC(=O)N3CCCCC3)C2=O)cc1Cl. The van der Waals surface area contributed by atoms with Crippen LogP contribution in [0, 0.1) is 0 Å². The summed E-state index contributed by atoms with van der Waals surface area (Å²) in [4.78, 5) is 40.3. The second-order valence-corrected chi connectivity index (χ2v) is 7.84. The molecule has 0 aliphatic carbocycles. The van der Waals surface area contributed by atoms with Gasteiger partial charge in [-0.1, -0.05) is 11.6 Å². The number of amides is 3. The normalized spacial score (nSPS) is 18.8. The van der Waals surface area contributed by atoms with Crippen molar-refractivity contribution in [2.24, 2.45) is 0 Å². The Hall–Kier alpha value is -2.19. The van der Waals surface area contributed by atoms with Crippen LogP contribution in [-0.2, 0) is 9.59 Å². The molecule has 0 radical (unpaired) electrons. The number of benzene rings is 1. The van der Waals surface area contributed by atoms with Gasteiger partial charge in [0.25, 0.3) is 11.1 Å². The van der Waals surface area contributed by atoms with E-state index in [0.29, 0.717) is 35.2 Å². The van der Waals surface area contributed by atoms with Crippen molar-refractivity contribution in [3.8, 4) is 11.5 Å². The molecule has 0 saturated carbocycles. The highest BCUT2D eigenvalue weighted by Gasteiger charge is 2.37. The van der Waals surface area contributed by atoms with Crippen molar-refractivity contribution in [1.29, 1.82) is 0 Å². The van der Waals surface area contributed by atoms with Gasteiger partial charge in [-0.15, -0.1) is 0 Å². The third-order valence-electron chi connectivity index (χ3n) is 4.67. The largest absolute Gasteiger partial charge is 0.496 e. The number of carbonyl (C=O) groups excluding carboxylic acids is 3. The molecule has 0 N–H and O–H groups in total. The summed E-state index contributed by atoms with van der Waals surface area (Å²) < 4.78 is 10.5. The fourth-order valence-corrected chi connectivity index (χ4v) is 4.23. The number of hydrogen-bond acceptors (Lipinski definition) is 6. The summed E-state index contributed by atoms with van der Waals surface area (Å²) in [5.74, 6) is 0.205. The highest BCUT2D eigenvalue weighted by Crippen LogP contribution is 2.37. The molecular formula is C19H21ClN2O5S. The first-order valence-corrected chi connectivity index (χ1v) is 10.1. The van der Waals surface area contributed by atoms with Crippen LogP contribution in [0.15, 0.2) is 17.0 Å². The zero-order valence-electron chi connectivity index (χ0n) is 15.7. The van der Waals surface area contributed by atoms with E-state index in [-0.39, 0.29) is 17.4 Å². The fraction of sp³-hybridized carbons (Fsp3) is 0.421. The van der Waals surface area contributed by atoms with Crippen LogP contribution in [0.4, 0.5) is 4.79 Å². The third kappa shape index (κ3) is 4.28. The van der Waals surface area contributed by atoms with Crippen molar-refractivity contribution in [1.82, 2.24) is 9.80 Å². The molecule has 2 heterocycles. The molecule has 0 aromatic heterocycles. The summed E-state index contributed by atoms with van der Waals surface area (Å²) in [6.07, 6.45) is 4.54. The predicted molar refractivity (Wildman–Crippen MR) is 108 cm³/mol. The van der Waals surface area contributed by atoms with Crippen molar-refractivity contribution in [3.63, 3.8) is 0 Å². The van der Waals surface area contributed by atoms with E-state index < -0.39 is 11.1 Å². The van der Waals surface area contributed by atoms with Gasteiger partial charge in [0.2, 0.25) is 5.91 Å². The molecule has 7 nitrogen and oxygen atoms in total. The Morgan fingerprint density at radius 3 is 2.46 bits per heavy atom. The van der Waals surface area contributed by atoms with Crippen LogP contribution in [0.2, 0.25) is 5.02 Å². The van der Waals surface area contributed by atoms with E-state index in [1.54, 1.807) is 23.1 Å². The Morgan fingerprint density at radius 2 is 1.82 bits per heavy atom. The van der Waals surface area contributed by atoms with E-state index in [9.17, 15) is 14.4 Å². The maximum atomic E-state index is 12.7. The Bertz CT molecular complexity index is 836. The fourth-order valence-electron chi connectivity index (χ4n) is 3.15. The lowest BCUT2D eigenvalue weighted by Gasteiger charge is -2.27. The predicted octanol–water partition coefficient (Wildman–Crippen LogP) is 3.41. The molecule has 0 bridgehead atoms. The van der Waals surface area contributed by atoms with Crippen LogP contribution in [0.3, 0.4) is 0 Å². The summed E-state index contributed by atoms with van der Waals surface area (Å²) in [6.45, 7) is 1.11. The van der Waals surface area contributed by atoms with Crippen LogP contribution < -0.4 is 9.47 Å². The molecule has 3 rings (SSSR count). The van der Waals surface area contributed by atoms with Crippen molar-refractivity contribution in [2.75, 3.05) is 33.9 Å². The number of rotatable bonds is 5. The summed E-state index contributed by atoms with van der Waals surface area (Å²) in [5, 5.41) is -0.103. The minimum Gasteiger partial charge on any atom is -0.496 e. The van der Waals surface area contributed by atoms with Gasteiger partial charge in [0.05, 0.1) is 24.1 Å². The quantitative estimate of drug-likeness (QED) is 0.674. The molecule has 9 heteroatoms. The number of ether oxygens (including phenoxy) is 2. The van der Waals surface area contributed by atoms with Crippen molar-refractivity contribution in [3.05, 3.63) is 27.6 Å². The molecule has 2 aliphatic rings. The summed E-state index contributed by atoms with van der Waals surface area (Å²) in [7, 11) is 2.98. The van der Waals surface area contributed by atoms with E-state index in [1.807, 2.05) is 0 Å². The minimum absolute atomic E-state index is 0.201. The molecular weight excluding hydrogens is 404 g/mol. The Labute approximate surface area is 172 Å². The van der Waals surface area contributed by atoms with Gasteiger partial charge in [-0.2, -0.15) is 0 Å². The molecule has 0 atom stereocenters. The second-order valence-electron chi connectivity index (χ2n) is 6.44. The van der Waals surface area contributed by atoms with Crippen LogP contribution in [0.5, 0.6) is 11.5 Å². The van der Waals surface area contributed by atoms with E-state index in [4.69, 9.17) is 21.1 Å². The number of methoxy groups -OCH3 is 2. The van der Waals surface area contributed by atoms with Gasteiger partial charge in [-0.3, -0.25) is 19.3 Å². The molecule has 1 aromatic carbocycles. The maximum absolute atomic E-state index is 12.7. The molecule has 0 unspecified atom stereocenters. The number of thioether (sulfide) groups is 1. The number of carbonyl (C=O) groups is 3. The minimum atomic E-state index is -0.491. The third-order valence-corrected chi connectivity index (χ3v) is 5.87. The van der Waals surface area contributed by atoms with Crippen LogP contribution in [0.25, 0.3) is 6.08 Å². The van der Waals surface area contributed by atoms with E-state index in [0.717, 1.165) is 35.9 Å². The van der Waals surface area contributed by atoms with E-state index >= 15 is 0 Å². The Morgan fingerprint density at radius 1 is 1.14 bits per heavy atom. The van der Waals surface area contributed by atoms with Gasteiger partial charge in [-0.25, -0.2) is 0 Å². The standard InChI is InChI=1S/C19H21ClN2O5S/c1-26-14-10-15(27-2)13(20)8-12(14)9-16-18(24)22(19(25)28-16)11-17(23)21-6-4-3-5-7-21/h8-10H,3-7,11H2,1-2H3/b16-9-. The topological polar surface area (TPSA) is 76.2 Å². The second kappa shape index (κ2) is 8.87. The lowest BCUT2D eigenvalue weighted by Crippen LogP contribution is -2.44. The molecule has 28 heavy (non-hydrogen) atoms. The lowest BCUT2D eigenvalue weighted by molar-refractivity contribution is -0.136. The van der Waals surface area contributed by atoms with Gasteiger partial charge in [0.1, 0.15) is 18.0 Å². The maximum Gasteiger partial charge on any atom is 0.294 e. The van der Waals surface area contributed by atoms with Gasteiger partial charge in [0, 0.05) is 24.7 Å². The molecule has 1 aromatic rings. The number of hydrogen-bond donors (Lipinski definition) is 0. The van der Waals surface area contributed by atoms with E-state index in [1.165, 1.54) is 14.2 Å². The molecule has 150 valence electrons. The molecule has 3 amide bonds. The average molecular weight is 425 g/mol. The van der Waals surface area contributed by atoms with Crippen LogP contribution in [0.1, 0.15) is 24.8 Å². The molecule has 2 aliphatic heterocycles. The summed E-state index contributed by atoms with van der Waals surface area (Å²) in [6, 6.07) is 3.21. The zero-order chi connectivity index (χ0) is 20.3. The monoisotopic (exact) mass is 424 g/mol. The highest BCUT2D eigenvalue weighted by molar-refractivity contribution is 8.18. The van der Waals surface area contributed by atoms with Crippen molar-refractivity contribution >= 4 is 46.5 Å². The first-order valence-electron chi connectivity index (χ1n) is 8.89. The number of likely N-dealkylation sites (tertiary alicyclic amines) is 1. The first kappa shape index (κ1) is 20.5. The van der Waals surface area contributed by atoms with Gasteiger partial charge >= 0.3 is 0 Å². The number of imide groups is 1. The van der Waals surface area contributed by atoms with Gasteiger partial charge in [0.15, 0.2) is 0 Å². The zero-order valence-corrected chi connectivity index (χ0v) is 17.3. The lowest BCUT2D eigenvalue weighted by atomic mass is 10.1. The Balaban J connectivity index is 1.79. The molecule has 0 spiro atoms. The highest BCUT2D eigenvalue weighted by atomic mass is 35.5. The number of halogens is 1. The van der Waals surface area contributed by atoms with Crippen molar-refractivity contribution < 1.29 is 23.9 Å². The average Bonchev–Trinajstić information content (AvgIpc) is 2.96. The summed E-state index contributed by atoms with van der Waals surface area (Å²) in [5.41, 5.74) is 0.543. The van der Waals surface area contributed by atoms with Gasteiger partial charge < -0.3 is 14.4 Å². The van der Waals surface area contributed by atoms with Gasteiger partial charge in [-0.05, 0) is 43.2 Å². The number of piperidine rings is 1. The van der Waals surface area contributed by atoms with Crippen molar-refractivity contribution in [2.45, 2.75) is 19.3 Å². The summed E-state index contributed by atoms with van der Waals surface area (Å²) >= 11 is 6.96. The molecule has 2 fully saturated rings. The van der Waals surface area contributed by atoms with Crippen LogP contribution in [-0.4, -0.2) is 60.7 Å². The molecule has 2 saturated heterocycles. The Kier molecular flexibility index (Phi) is 6.51. The van der Waals surface area contributed by atoms with E-state index in [2.05, 4.69) is 0 Å². The number of nitrogens with zero attached hydrogens (tertiary/aromatic N) is 2. The van der Waals surface area contributed by atoms with Crippen LogP contribution >= 0.6 is 23.4 Å². The smallest absolute Gasteiger partial charge is 0.294 e.